The summed E-state index contributed by atoms with van der Waals surface area (Å²) in [5.41, 5.74) is 1.76. The van der Waals surface area contributed by atoms with Crippen molar-refractivity contribution in [2.75, 3.05) is 23.3 Å². The molecule has 170 valence electrons. The maximum atomic E-state index is 13.1. The zero-order valence-electron chi connectivity index (χ0n) is 17.6. The lowest BCUT2D eigenvalue weighted by Gasteiger charge is -2.44. The highest BCUT2D eigenvalue weighted by molar-refractivity contribution is 6.08. The molecule has 2 aliphatic heterocycles. The van der Waals surface area contributed by atoms with Gasteiger partial charge >= 0.3 is 6.36 Å². The molecule has 32 heavy (non-hydrogen) atoms. The molecule has 1 unspecified atom stereocenters. The summed E-state index contributed by atoms with van der Waals surface area (Å²) in [5, 5.41) is 2.60. The lowest BCUT2D eigenvalue weighted by Crippen LogP contribution is -2.55. The summed E-state index contributed by atoms with van der Waals surface area (Å²) < 4.78 is 41.3. The van der Waals surface area contributed by atoms with Crippen LogP contribution in [0.5, 0.6) is 5.75 Å². The average Bonchev–Trinajstić information content (AvgIpc) is 2.99. The van der Waals surface area contributed by atoms with Crippen LogP contribution in [-0.2, 0) is 0 Å². The zero-order chi connectivity index (χ0) is 22.9. The van der Waals surface area contributed by atoms with Crippen molar-refractivity contribution in [2.24, 2.45) is 0 Å². The fraction of sp³-hybridized carbons (Fsp3) is 0.391. The molecule has 9 heteroatoms. The van der Waals surface area contributed by atoms with Gasteiger partial charge in [-0.1, -0.05) is 12.5 Å². The van der Waals surface area contributed by atoms with E-state index in [1.165, 1.54) is 12.1 Å². The van der Waals surface area contributed by atoms with E-state index >= 15 is 0 Å². The second-order valence-corrected chi connectivity index (χ2v) is 7.88. The fourth-order valence-electron chi connectivity index (χ4n) is 4.41. The first-order valence-electron chi connectivity index (χ1n) is 10.7. The Morgan fingerprint density at radius 1 is 1.16 bits per heavy atom. The van der Waals surface area contributed by atoms with Crippen molar-refractivity contribution in [3.63, 3.8) is 0 Å². The summed E-state index contributed by atoms with van der Waals surface area (Å²) >= 11 is 0. The number of alkyl halides is 3. The number of fused-ring (bicyclic) bond motifs is 2. The number of amides is 2. The molecule has 0 aliphatic carbocycles. The smallest absolute Gasteiger partial charge is 0.406 e. The van der Waals surface area contributed by atoms with E-state index in [1.54, 1.807) is 18.2 Å². The van der Waals surface area contributed by atoms with E-state index in [0.29, 0.717) is 23.4 Å². The van der Waals surface area contributed by atoms with Crippen molar-refractivity contribution < 1.29 is 27.5 Å². The molecule has 2 aromatic rings. The standard InChI is InChI=1S/C23H24F3N3O3/c1-2-28-19-13-15(10-11-18(19)22(31)29-12-5-3-4-9-20(28)29)21(30)27-16-7-6-8-17(14-16)32-23(24,25)26/h6-8,10-11,13-14,20H,2-5,9,12H2,1H3,(H,27,30). The summed E-state index contributed by atoms with van der Waals surface area (Å²) in [6.07, 6.45) is -0.871. The molecule has 4 rings (SSSR count). The number of anilines is 2. The molecule has 1 atom stereocenters. The molecule has 0 aromatic heterocycles. The number of halogens is 3. The van der Waals surface area contributed by atoms with E-state index in [1.807, 2.05) is 11.8 Å². The molecule has 1 saturated heterocycles. The number of ether oxygens (including phenoxy) is 1. The van der Waals surface area contributed by atoms with Crippen LogP contribution >= 0.6 is 0 Å². The van der Waals surface area contributed by atoms with Gasteiger partial charge in [0.1, 0.15) is 11.9 Å². The van der Waals surface area contributed by atoms with Gasteiger partial charge in [0.2, 0.25) is 0 Å². The Morgan fingerprint density at radius 2 is 1.97 bits per heavy atom. The van der Waals surface area contributed by atoms with E-state index in [2.05, 4.69) is 15.0 Å². The van der Waals surface area contributed by atoms with E-state index in [4.69, 9.17) is 0 Å². The third kappa shape index (κ3) is 4.51. The van der Waals surface area contributed by atoms with E-state index in [9.17, 15) is 22.8 Å². The largest absolute Gasteiger partial charge is 0.573 e. The van der Waals surface area contributed by atoms with Crippen LogP contribution in [0.4, 0.5) is 24.5 Å². The number of carbonyl (C=O) groups excluding carboxylic acids is 2. The predicted octanol–water partition coefficient (Wildman–Crippen LogP) is 5.02. The molecule has 1 fully saturated rings. The number of carbonyl (C=O) groups is 2. The average molecular weight is 447 g/mol. The molecule has 0 radical (unpaired) electrons. The van der Waals surface area contributed by atoms with Crippen molar-refractivity contribution in [3.05, 3.63) is 53.6 Å². The van der Waals surface area contributed by atoms with Crippen LogP contribution in [0.2, 0.25) is 0 Å². The molecule has 2 aliphatic rings. The minimum Gasteiger partial charge on any atom is -0.406 e. The summed E-state index contributed by atoms with van der Waals surface area (Å²) in [6.45, 7) is 3.42. The van der Waals surface area contributed by atoms with Crippen LogP contribution < -0.4 is 15.0 Å². The molecule has 1 N–H and O–H groups in total. The van der Waals surface area contributed by atoms with Crippen molar-refractivity contribution in [2.45, 2.75) is 45.1 Å². The Balaban J connectivity index is 1.59. The minimum atomic E-state index is -4.82. The molecule has 0 bridgehead atoms. The first-order valence-corrected chi connectivity index (χ1v) is 10.7. The first-order chi connectivity index (χ1) is 15.3. The third-order valence-corrected chi connectivity index (χ3v) is 5.81. The van der Waals surface area contributed by atoms with Gasteiger partial charge in [0.05, 0.1) is 11.3 Å². The Kier molecular flexibility index (Phi) is 5.99. The van der Waals surface area contributed by atoms with Gasteiger partial charge in [-0.25, -0.2) is 0 Å². The van der Waals surface area contributed by atoms with Crippen molar-refractivity contribution in [1.82, 2.24) is 4.90 Å². The Morgan fingerprint density at radius 3 is 2.72 bits per heavy atom. The second kappa shape index (κ2) is 8.72. The van der Waals surface area contributed by atoms with Crippen LogP contribution in [0.25, 0.3) is 0 Å². The maximum Gasteiger partial charge on any atom is 0.573 e. The van der Waals surface area contributed by atoms with Gasteiger partial charge in [0.25, 0.3) is 11.8 Å². The van der Waals surface area contributed by atoms with Crippen LogP contribution in [0, 0.1) is 0 Å². The van der Waals surface area contributed by atoms with E-state index < -0.39 is 18.0 Å². The van der Waals surface area contributed by atoms with Crippen LogP contribution in [0.1, 0.15) is 53.3 Å². The summed E-state index contributed by atoms with van der Waals surface area (Å²) in [5.74, 6) is -0.929. The quantitative estimate of drug-likeness (QED) is 0.715. The molecular formula is C23H24F3N3O3. The highest BCUT2D eigenvalue weighted by Gasteiger charge is 2.37. The van der Waals surface area contributed by atoms with E-state index in [-0.39, 0.29) is 17.8 Å². The summed E-state index contributed by atoms with van der Waals surface area (Å²) in [7, 11) is 0. The van der Waals surface area contributed by atoms with E-state index in [0.717, 1.165) is 44.4 Å². The molecule has 2 amide bonds. The number of nitrogens with zero attached hydrogens (tertiary/aromatic N) is 2. The minimum absolute atomic E-state index is 0.0273. The van der Waals surface area contributed by atoms with Gasteiger partial charge in [-0.3, -0.25) is 9.59 Å². The molecule has 6 nitrogen and oxygen atoms in total. The SMILES string of the molecule is CCN1c2cc(C(=O)Nc3cccc(OC(F)(F)F)c3)ccc2C(=O)N2CCCCCC21. The molecule has 0 spiro atoms. The Labute approximate surface area is 183 Å². The second-order valence-electron chi connectivity index (χ2n) is 7.88. The third-order valence-electron chi connectivity index (χ3n) is 5.81. The number of rotatable bonds is 4. The topological polar surface area (TPSA) is 61.9 Å². The number of nitrogens with one attached hydrogen (secondary N) is 1. The van der Waals surface area contributed by atoms with Gasteiger partial charge < -0.3 is 19.9 Å². The fourth-order valence-corrected chi connectivity index (χ4v) is 4.41. The first kappa shape index (κ1) is 22.0. The van der Waals surface area contributed by atoms with Crippen LogP contribution in [-0.4, -0.2) is 42.3 Å². The Bertz CT molecular complexity index is 1030. The zero-order valence-corrected chi connectivity index (χ0v) is 17.6. The number of hydrogen-bond acceptors (Lipinski definition) is 4. The van der Waals surface area contributed by atoms with Crippen LogP contribution in [0.3, 0.4) is 0 Å². The molecular weight excluding hydrogens is 423 g/mol. The molecule has 0 saturated carbocycles. The highest BCUT2D eigenvalue weighted by Crippen LogP contribution is 2.35. The van der Waals surface area contributed by atoms with Crippen LogP contribution in [0.15, 0.2) is 42.5 Å². The Hall–Kier alpha value is -3.23. The predicted molar refractivity (Wildman–Crippen MR) is 114 cm³/mol. The normalized spacial score (nSPS) is 18.5. The summed E-state index contributed by atoms with van der Waals surface area (Å²) in [6, 6.07) is 10.0. The molecule has 2 heterocycles. The van der Waals surface area contributed by atoms with Gasteiger partial charge in [-0.15, -0.1) is 13.2 Å². The lowest BCUT2D eigenvalue weighted by molar-refractivity contribution is -0.274. The molecule has 2 aromatic carbocycles. The van der Waals surface area contributed by atoms with Crippen molar-refractivity contribution in [3.8, 4) is 5.75 Å². The van der Waals surface area contributed by atoms with Gasteiger partial charge in [0, 0.05) is 30.4 Å². The highest BCUT2D eigenvalue weighted by atomic mass is 19.4. The number of benzene rings is 2. The number of hydrogen-bond donors (Lipinski definition) is 1. The monoisotopic (exact) mass is 447 g/mol. The van der Waals surface area contributed by atoms with Gasteiger partial charge in [-0.05, 0) is 56.5 Å². The van der Waals surface area contributed by atoms with Crippen molar-refractivity contribution in [1.29, 1.82) is 0 Å². The lowest BCUT2D eigenvalue weighted by atomic mass is 10.0. The van der Waals surface area contributed by atoms with Gasteiger partial charge in [0.15, 0.2) is 0 Å². The summed E-state index contributed by atoms with van der Waals surface area (Å²) in [4.78, 5) is 30.0. The van der Waals surface area contributed by atoms with Crippen molar-refractivity contribution >= 4 is 23.2 Å². The maximum absolute atomic E-state index is 13.1. The van der Waals surface area contributed by atoms with Gasteiger partial charge in [-0.2, -0.15) is 0 Å².